The van der Waals surface area contributed by atoms with Crippen molar-refractivity contribution in [3.63, 3.8) is 0 Å². The van der Waals surface area contributed by atoms with Crippen molar-refractivity contribution in [1.29, 1.82) is 0 Å². The highest BCUT2D eigenvalue weighted by atomic mass is 79.9. The molecular weight excluding hydrogens is 522 g/mol. The Balaban J connectivity index is 2.34. The van der Waals surface area contributed by atoms with Crippen LogP contribution >= 0.6 is 15.9 Å². The van der Waals surface area contributed by atoms with Gasteiger partial charge in [-0.3, -0.25) is 20.2 Å². The van der Waals surface area contributed by atoms with Crippen molar-refractivity contribution >= 4 is 49.5 Å². The van der Waals surface area contributed by atoms with Crippen molar-refractivity contribution in [2.45, 2.75) is 26.7 Å². The van der Waals surface area contributed by atoms with E-state index in [-0.39, 0.29) is 18.0 Å². The van der Waals surface area contributed by atoms with E-state index in [1.54, 1.807) is 35.8 Å². The van der Waals surface area contributed by atoms with E-state index in [4.69, 9.17) is 0 Å². The van der Waals surface area contributed by atoms with Gasteiger partial charge < -0.3 is 0 Å². The Hall–Kier alpha value is -2.69. The third-order valence-corrected chi connectivity index (χ3v) is 6.59. The molecular formula is C24H30BrN3O5S. The number of hydrogen-bond acceptors (Lipinski definition) is 5. The number of hydrogen-bond donors (Lipinski definition) is 3. The molecule has 2 aromatic rings. The van der Waals surface area contributed by atoms with Crippen molar-refractivity contribution in [3.05, 3.63) is 70.7 Å². The molecule has 0 saturated heterocycles. The third kappa shape index (κ3) is 8.27. The van der Waals surface area contributed by atoms with Gasteiger partial charge in [-0.25, -0.2) is 13.9 Å². The molecule has 2 rings (SSSR count). The third-order valence-electron chi connectivity index (χ3n) is 5.10. The minimum absolute atomic E-state index is 0.0298. The highest BCUT2D eigenvalue weighted by molar-refractivity contribution is 9.10. The van der Waals surface area contributed by atoms with Gasteiger partial charge in [0.05, 0.1) is 23.8 Å². The number of sulfonamides is 1. The fraction of sp³-hybridized carbons (Fsp3) is 0.333. The van der Waals surface area contributed by atoms with Crippen LogP contribution in [0.2, 0.25) is 0 Å². The van der Waals surface area contributed by atoms with Gasteiger partial charge in [-0.2, -0.15) is 4.41 Å². The monoisotopic (exact) mass is 551 g/mol. The van der Waals surface area contributed by atoms with Gasteiger partial charge in [0.1, 0.15) is 0 Å². The Morgan fingerprint density at radius 2 is 1.65 bits per heavy atom. The van der Waals surface area contributed by atoms with Crippen molar-refractivity contribution in [2.75, 3.05) is 10.7 Å². The van der Waals surface area contributed by atoms with Crippen LogP contribution < -0.4 is 15.3 Å². The topological polar surface area (TPSA) is 116 Å². The van der Waals surface area contributed by atoms with E-state index in [1.807, 2.05) is 50.3 Å². The van der Waals surface area contributed by atoms with E-state index in [9.17, 15) is 23.2 Å². The number of hydrazine groups is 1. The molecule has 0 bridgehead atoms. The summed E-state index contributed by atoms with van der Waals surface area (Å²) >= 11 is 3.30. The molecule has 10 heteroatoms. The Morgan fingerprint density at radius 1 is 1.03 bits per heavy atom. The van der Waals surface area contributed by atoms with E-state index >= 15 is 0 Å². The van der Waals surface area contributed by atoms with Crippen LogP contribution in [-0.4, -0.2) is 31.7 Å². The van der Waals surface area contributed by atoms with E-state index in [1.165, 1.54) is 0 Å². The molecule has 0 aliphatic carbocycles. The molecule has 0 unspecified atom stereocenters. The summed E-state index contributed by atoms with van der Waals surface area (Å²) in [7, 11) is -3.87. The first kappa shape index (κ1) is 27.6. The predicted octanol–water partition coefficient (Wildman–Crippen LogP) is 4.13. The number of amides is 2. The molecule has 0 spiro atoms. The second kappa shape index (κ2) is 12.7. The first-order chi connectivity index (χ1) is 16.0. The van der Waals surface area contributed by atoms with Gasteiger partial charge in [0.25, 0.3) is 0 Å². The first-order valence-corrected chi connectivity index (χ1v) is 13.4. The van der Waals surface area contributed by atoms with Crippen LogP contribution in [0.5, 0.6) is 0 Å². The van der Waals surface area contributed by atoms with Gasteiger partial charge in [-0.15, -0.1) is 0 Å². The van der Waals surface area contributed by atoms with Crippen LogP contribution in [0.25, 0.3) is 6.08 Å². The summed E-state index contributed by atoms with van der Waals surface area (Å²) in [5, 5.41) is 9.34. The molecule has 0 aromatic heterocycles. The summed E-state index contributed by atoms with van der Waals surface area (Å²) in [6, 6.07) is 15.9. The number of hydroxylamine groups is 1. The molecule has 0 heterocycles. The number of nitrogens with zero attached hydrogens (tertiary/aromatic N) is 1. The van der Waals surface area contributed by atoms with E-state index in [0.717, 1.165) is 20.7 Å². The average Bonchev–Trinajstić information content (AvgIpc) is 2.79. The summed E-state index contributed by atoms with van der Waals surface area (Å²) in [5.41, 5.74) is 5.29. The quantitative estimate of drug-likeness (QED) is 0.286. The molecule has 0 saturated carbocycles. The highest BCUT2D eigenvalue weighted by Gasteiger charge is 2.35. The standard InChI is InChI=1S/C24H30BrN3O5S/c1-17(2)16-22(21(24(30)27-31)11-7-10-18-8-5-4-6-9-18)23(29)26-28(34(3,32)33)20-14-12-19(25)13-15-20/h4-10,12-15,17,21-22,31H,11,16H2,1-3H3,(H,26,29)(H,27,30)/b10-7+/t21-,22+/m0/s1. The number of anilines is 1. The number of rotatable bonds is 11. The van der Waals surface area contributed by atoms with Crippen molar-refractivity contribution in [1.82, 2.24) is 10.9 Å². The minimum atomic E-state index is -3.87. The normalized spacial score (nSPS) is 13.5. The van der Waals surface area contributed by atoms with Gasteiger partial charge >= 0.3 is 0 Å². The van der Waals surface area contributed by atoms with Gasteiger partial charge in [0.2, 0.25) is 21.8 Å². The smallest absolute Gasteiger partial charge is 0.249 e. The molecule has 0 radical (unpaired) electrons. The molecule has 2 aromatic carbocycles. The molecule has 184 valence electrons. The molecule has 3 N–H and O–H groups in total. The Kier molecular flexibility index (Phi) is 10.3. The maximum atomic E-state index is 13.4. The van der Waals surface area contributed by atoms with Gasteiger partial charge in [0.15, 0.2) is 0 Å². The lowest BCUT2D eigenvalue weighted by molar-refractivity contribution is -0.140. The molecule has 0 aliphatic heterocycles. The number of benzene rings is 2. The molecule has 34 heavy (non-hydrogen) atoms. The summed E-state index contributed by atoms with van der Waals surface area (Å²) in [6.45, 7) is 3.80. The van der Waals surface area contributed by atoms with Crippen molar-refractivity contribution in [3.8, 4) is 0 Å². The lowest BCUT2D eigenvalue weighted by Crippen LogP contribution is -2.51. The molecule has 8 nitrogen and oxygen atoms in total. The number of carbonyl (C=O) groups excluding carboxylic acids is 2. The predicted molar refractivity (Wildman–Crippen MR) is 136 cm³/mol. The average molecular weight is 552 g/mol. The van der Waals surface area contributed by atoms with E-state index in [0.29, 0.717) is 6.42 Å². The molecule has 2 amide bonds. The maximum absolute atomic E-state index is 13.4. The van der Waals surface area contributed by atoms with Crippen LogP contribution in [0, 0.1) is 17.8 Å². The first-order valence-electron chi connectivity index (χ1n) is 10.7. The van der Waals surface area contributed by atoms with Gasteiger partial charge in [0, 0.05) is 4.47 Å². The molecule has 0 fully saturated rings. The van der Waals surface area contributed by atoms with Crippen molar-refractivity contribution in [2.24, 2.45) is 17.8 Å². The summed E-state index contributed by atoms with van der Waals surface area (Å²) in [4.78, 5) is 25.9. The summed E-state index contributed by atoms with van der Waals surface area (Å²) in [5.74, 6) is -3.13. The number of nitrogens with one attached hydrogen (secondary N) is 2. The van der Waals surface area contributed by atoms with E-state index in [2.05, 4.69) is 21.4 Å². The van der Waals surface area contributed by atoms with Crippen LogP contribution in [0.1, 0.15) is 32.3 Å². The number of allylic oxidation sites excluding steroid dienone is 1. The van der Waals surface area contributed by atoms with Gasteiger partial charge in [-0.1, -0.05) is 72.3 Å². The van der Waals surface area contributed by atoms with Crippen LogP contribution in [0.15, 0.2) is 65.1 Å². The van der Waals surface area contributed by atoms with Crippen LogP contribution in [0.4, 0.5) is 5.69 Å². The largest absolute Gasteiger partial charge is 0.289 e. The fourth-order valence-electron chi connectivity index (χ4n) is 3.51. The number of carbonyl (C=O) groups is 2. The summed E-state index contributed by atoms with van der Waals surface area (Å²) < 4.78 is 26.5. The summed E-state index contributed by atoms with van der Waals surface area (Å²) in [6.07, 6.45) is 5.04. The Bertz CT molecular complexity index is 1090. The number of halogens is 1. The highest BCUT2D eigenvalue weighted by Crippen LogP contribution is 2.27. The minimum Gasteiger partial charge on any atom is -0.289 e. The van der Waals surface area contributed by atoms with Crippen LogP contribution in [0.3, 0.4) is 0 Å². The second-order valence-corrected chi connectivity index (χ2v) is 11.1. The van der Waals surface area contributed by atoms with Crippen molar-refractivity contribution < 1.29 is 23.2 Å². The zero-order chi connectivity index (χ0) is 25.3. The lowest BCUT2D eigenvalue weighted by Gasteiger charge is -2.29. The molecule has 2 atom stereocenters. The van der Waals surface area contributed by atoms with Crippen LogP contribution in [-0.2, 0) is 19.6 Å². The Morgan fingerprint density at radius 3 is 2.18 bits per heavy atom. The Labute approximate surface area is 209 Å². The van der Waals surface area contributed by atoms with Gasteiger partial charge in [-0.05, 0) is 48.6 Å². The zero-order valence-corrected chi connectivity index (χ0v) is 21.7. The second-order valence-electron chi connectivity index (χ2n) is 8.35. The maximum Gasteiger partial charge on any atom is 0.249 e. The van der Waals surface area contributed by atoms with E-state index < -0.39 is 33.7 Å². The zero-order valence-electron chi connectivity index (χ0n) is 19.3. The molecule has 0 aliphatic rings. The fourth-order valence-corrected chi connectivity index (χ4v) is 4.54. The SMILES string of the molecule is CC(C)C[C@@H](C(=O)NN(c1ccc(Br)cc1)S(C)(=O)=O)[C@H](C/C=C/c1ccccc1)C(=O)NO. The lowest BCUT2D eigenvalue weighted by atomic mass is 9.82.